The number of hydrogen-bond acceptors (Lipinski definition) is 3. The highest BCUT2D eigenvalue weighted by molar-refractivity contribution is 5.81. The zero-order valence-electron chi connectivity index (χ0n) is 14.7. The number of carbonyl (C=O) groups is 1. The highest BCUT2D eigenvalue weighted by atomic mass is 16.2. The van der Waals surface area contributed by atoms with E-state index < -0.39 is 0 Å². The van der Waals surface area contributed by atoms with E-state index in [1.165, 1.54) is 57.8 Å². The highest BCUT2D eigenvalue weighted by Crippen LogP contribution is 2.10. The molecule has 0 aliphatic heterocycles. The standard InChI is InChI=1S/C18H39N3O/c1-2-3-4-5-6-7-8-9-10-13-16-21-18(22)17(20)14-11-12-15-19/h17H,2-16,19-20H2,1H3,(H,21,22)/t17-/m1/s1. The number of hydrogen-bond donors (Lipinski definition) is 3. The Morgan fingerprint density at radius 3 is 1.95 bits per heavy atom. The van der Waals surface area contributed by atoms with Crippen LogP contribution in [-0.4, -0.2) is 25.0 Å². The average molecular weight is 314 g/mol. The minimum Gasteiger partial charge on any atom is -0.355 e. The monoisotopic (exact) mass is 313 g/mol. The molecule has 0 radical (unpaired) electrons. The maximum Gasteiger partial charge on any atom is 0.236 e. The smallest absolute Gasteiger partial charge is 0.236 e. The predicted octanol–water partition coefficient (Wildman–Crippen LogP) is 3.48. The van der Waals surface area contributed by atoms with Crippen molar-refractivity contribution in [1.82, 2.24) is 5.32 Å². The van der Waals surface area contributed by atoms with Crippen molar-refractivity contribution < 1.29 is 4.79 Å². The van der Waals surface area contributed by atoms with Crippen molar-refractivity contribution in [3.63, 3.8) is 0 Å². The van der Waals surface area contributed by atoms with Crippen LogP contribution in [0.25, 0.3) is 0 Å². The highest BCUT2D eigenvalue weighted by Gasteiger charge is 2.11. The van der Waals surface area contributed by atoms with Gasteiger partial charge in [-0.05, 0) is 25.8 Å². The summed E-state index contributed by atoms with van der Waals surface area (Å²) in [6, 6.07) is -0.366. The number of carbonyl (C=O) groups excluding carboxylic acids is 1. The van der Waals surface area contributed by atoms with Gasteiger partial charge < -0.3 is 16.8 Å². The summed E-state index contributed by atoms with van der Waals surface area (Å²) in [5.74, 6) is -0.00653. The van der Waals surface area contributed by atoms with Gasteiger partial charge in [-0.2, -0.15) is 0 Å². The van der Waals surface area contributed by atoms with E-state index in [4.69, 9.17) is 11.5 Å². The van der Waals surface area contributed by atoms with E-state index in [1.807, 2.05) is 0 Å². The van der Waals surface area contributed by atoms with E-state index in [-0.39, 0.29) is 11.9 Å². The van der Waals surface area contributed by atoms with Crippen LogP contribution in [0, 0.1) is 0 Å². The zero-order chi connectivity index (χ0) is 16.5. The van der Waals surface area contributed by atoms with Gasteiger partial charge in [0.25, 0.3) is 0 Å². The van der Waals surface area contributed by atoms with Crippen molar-refractivity contribution in [2.45, 2.75) is 96.4 Å². The first kappa shape index (κ1) is 21.4. The average Bonchev–Trinajstić information content (AvgIpc) is 2.52. The van der Waals surface area contributed by atoms with Gasteiger partial charge in [0.05, 0.1) is 6.04 Å². The van der Waals surface area contributed by atoms with Crippen LogP contribution < -0.4 is 16.8 Å². The van der Waals surface area contributed by atoms with E-state index in [2.05, 4.69) is 12.2 Å². The minimum absolute atomic E-state index is 0.00653. The lowest BCUT2D eigenvalue weighted by atomic mass is 10.1. The Morgan fingerprint density at radius 1 is 0.864 bits per heavy atom. The van der Waals surface area contributed by atoms with Gasteiger partial charge in [-0.25, -0.2) is 0 Å². The summed E-state index contributed by atoms with van der Waals surface area (Å²) >= 11 is 0. The molecule has 0 aromatic rings. The Kier molecular flexibility index (Phi) is 16.3. The third kappa shape index (κ3) is 14.3. The lowest BCUT2D eigenvalue weighted by Crippen LogP contribution is -2.40. The number of nitrogens with two attached hydrogens (primary N) is 2. The van der Waals surface area contributed by atoms with Gasteiger partial charge in [0, 0.05) is 6.54 Å². The van der Waals surface area contributed by atoms with Crippen LogP contribution in [0.3, 0.4) is 0 Å². The molecule has 0 unspecified atom stereocenters. The summed E-state index contributed by atoms with van der Waals surface area (Å²) in [5.41, 5.74) is 11.3. The number of unbranched alkanes of at least 4 members (excludes halogenated alkanes) is 10. The molecule has 0 heterocycles. The molecule has 0 spiro atoms. The summed E-state index contributed by atoms with van der Waals surface area (Å²) in [7, 11) is 0. The second kappa shape index (κ2) is 16.8. The van der Waals surface area contributed by atoms with Crippen LogP contribution in [0.5, 0.6) is 0 Å². The van der Waals surface area contributed by atoms with E-state index in [0.29, 0.717) is 6.54 Å². The SMILES string of the molecule is CCCCCCCCCCCCNC(=O)[C@H](N)CCCCN. The molecule has 5 N–H and O–H groups in total. The molecule has 0 aromatic heterocycles. The van der Waals surface area contributed by atoms with Crippen molar-refractivity contribution in [3.05, 3.63) is 0 Å². The Morgan fingerprint density at radius 2 is 1.41 bits per heavy atom. The molecule has 0 aliphatic carbocycles. The fourth-order valence-corrected chi connectivity index (χ4v) is 2.59. The zero-order valence-corrected chi connectivity index (χ0v) is 14.7. The van der Waals surface area contributed by atoms with E-state index in [1.54, 1.807) is 0 Å². The van der Waals surface area contributed by atoms with E-state index in [0.717, 1.165) is 32.2 Å². The first-order chi connectivity index (χ1) is 10.7. The second-order valence-corrected chi connectivity index (χ2v) is 6.36. The minimum atomic E-state index is -0.366. The molecule has 0 rings (SSSR count). The molecule has 1 atom stereocenters. The van der Waals surface area contributed by atoms with Crippen LogP contribution in [0.2, 0.25) is 0 Å². The molecule has 0 aromatic carbocycles. The summed E-state index contributed by atoms with van der Waals surface area (Å²) in [6.45, 7) is 3.69. The van der Waals surface area contributed by atoms with Gasteiger partial charge in [-0.3, -0.25) is 4.79 Å². The van der Waals surface area contributed by atoms with Gasteiger partial charge in [-0.15, -0.1) is 0 Å². The van der Waals surface area contributed by atoms with Crippen LogP contribution in [0.4, 0.5) is 0 Å². The van der Waals surface area contributed by atoms with Crippen molar-refractivity contribution in [2.75, 3.05) is 13.1 Å². The van der Waals surface area contributed by atoms with Crippen molar-refractivity contribution in [2.24, 2.45) is 11.5 Å². The normalized spacial score (nSPS) is 12.3. The van der Waals surface area contributed by atoms with Crippen molar-refractivity contribution in [3.8, 4) is 0 Å². The Balaban J connectivity index is 3.26. The first-order valence-corrected chi connectivity index (χ1v) is 9.45. The van der Waals surface area contributed by atoms with Crippen LogP contribution >= 0.6 is 0 Å². The summed E-state index contributed by atoms with van der Waals surface area (Å²) in [5, 5.41) is 2.94. The molecule has 0 bridgehead atoms. The molecule has 0 saturated heterocycles. The number of amides is 1. The largest absolute Gasteiger partial charge is 0.355 e. The van der Waals surface area contributed by atoms with Crippen LogP contribution in [-0.2, 0) is 4.79 Å². The molecule has 4 heteroatoms. The maximum atomic E-state index is 11.7. The topological polar surface area (TPSA) is 81.1 Å². The van der Waals surface area contributed by atoms with E-state index >= 15 is 0 Å². The van der Waals surface area contributed by atoms with Crippen LogP contribution in [0.1, 0.15) is 90.4 Å². The van der Waals surface area contributed by atoms with E-state index in [9.17, 15) is 4.79 Å². The fourth-order valence-electron chi connectivity index (χ4n) is 2.59. The third-order valence-corrected chi connectivity index (χ3v) is 4.14. The second-order valence-electron chi connectivity index (χ2n) is 6.36. The Hall–Kier alpha value is -0.610. The third-order valence-electron chi connectivity index (χ3n) is 4.14. The predicted molar refractivity (Wildman–Crippen MR) is 95.7 cm³/mol. The van der Waals surface area contributed by atoms with Gasteiger partial charge in [0.1, 0.15) is 0 Å². The molecule has 1 amide bonds. The summed E-state index contributed by atoms with van der Waals surface area (Å²) < 4.78 is 0. The summed E-state index contributed by atoms with van der Waals surface area (Å²) in [6.07, 6.45) is 15.7. The van der Waals surface area contributed by atoms with Crippen LogP contribution in [0.15, 0.2) is 0 Å². The molecular formula is C18H39N3O. The molecule has 0 saturated carbocycles. The first-order valence-electron chi connectivity index (χ1n) is 9.45. The van der Waals surface area contributed by atoms with Gasteiger partial charge in [0.2, 0.25) is 5.91 Å². The maximum absolute atomic E-state index is 11.7. The fraction of sp³-hybridized carbons (Fsp3) is 0.944. The van der Waals surface area contributed by atoms with Crippen molar-refractivity contribution >= 4 is 5.91 Å². The number of rotatable bonds is 16. The molecule has 132 valence electrons. The Bertz CT molecular complexity index is 246. The lowest BCUT2D eigenvalue weighted by molar-refractivity contribution is -0.122. The van der Waals surface area contributed by atoms with Gasteiger partial charge in [-0.1, -0.05) is 71.1 Å². The molecular weight excluding hydrogens is 274 g/mol. The molecule has 0 fully saturated rings. The van der Waals surface area contributed by atoms with Gasteiger partial charge >= 0.3 is 0 Å². The molecule has 22 heavy (non-hydrogen) atoms. The molecule has 4 nitrogen and oxygen atoms in total. The quantitative estimate of drug-likeness (QED) is 0.382. The van der Waals surface area contributed by atoms with Crippen molar-refractivity contribution in [1.29, 1.82) is 0 Å². The number of nitrogens with one attached hydrogen (secondary N) is 1. The lowest BCUT2D eigenvalue weighted by Gasteiger charge is -2.11. The Labute approximate surface area is 137 Å². The summed E-state index contributed by atoms with van der Waals surface area (Å²) in [4.78, 5) is 11.7. The van der Waals surface area contributed by atoms with Gasteiger partial charge in [0.15, 0.2) is 0 Å². The molecule has 0 aliphatic rings.